The Morgan fingerprint density at radius 1 is 1.32 bits per heavy atom. The molecule has 7 heteroatoms. The maximum atomic E-state index is 12.4. The molecule has 1 aromatic carbocycles. The van der Waals surface area contributed by atoms with Crippen molar-refractivity contribution in [3.8, 4) is 11.8 Å². The van der Waals surface area contributed by atoms with E-state index >= 15 is 0 Å². The summed E-state index contributed by atoms with van der Waals surface area (Å²) in [5.74, 6) is -0.549. The zero-order chi connectivity index (χ0) is 20.9. The minimum absolute atomic E-state index is 0.0111. The molecule has 0 fully saturated rings. The standard InChI is InChI=1S/C21H29N3O4/c1-4-28-19-10-9-15(2)12-18(19)16(3)24-21(27)17(13-22)14-23-11-7-5-6-8-20(25)26/h9-10,12,14,16,23H,4-8,11H2,1-3H3,(H,24,27)(H,25,26)/b17-14-. The number of unbranched alkanes of at least 4 members (excludes halogenated alkanes) is 2. The van der Waals surface area contributed by atoms with Gasteiger partial charge in [0.1, 0.15) is 17.4 Å². The van der Waals surface area contributed by atoms with Crippen LogP contribution in [0.1, 0.15) is 56.7 Å². The van der Waals surface area contributed by atoms with Crippen LogP contribution in [0, 0.1) is 18.3 Å². The highest BCUT2D eigenvalue weighted by atomic mass is 16.5. The van der Waals surface area contributed by atoms with Crippen LogP contribution < -0.4 is 15.4 Å². The minimum Gasteiger partial charge on any atom is -0.494 e. The van der Waals surface area contributed by atoms with E-state index in [1.165, 1.54) is 6.20 Å². The molecular weight excluding hydrogens is 358 g/mol. The molecular formula is C21H29N3O4. The number of aliphatic carboxylic acids is 1. The van der Waals surface area contributed by atoms with Gasteiger partial charge in [-0.3, -0.25) is 9.59 Å². The number of aryl methyl sites for hydroxylation is 1. The minimum atomic E-state index is -0.800. The number of rotatable bonds is 12. The fourth-order valence-electron chi connectivity index (χ4n) is 2.65. The van der Waals surface area contributed by atoms with Gasteiger partial charge in [0.25, 0.3) is 5.91 Å². The molecule has 0 bridgehead atoms. The molecule has 0 aliphatic rings. The van der Waals surface area contributed by atoms with Gasteiger partial charge in [0.15, 0.2) is 0 Å². The smallest absolute Gasteiger partial charge is 0.303 e. The molecule has 3 N–H and O–H groups in total. The summed E-state index contributed by atoms with van der Waals surface area (Å²) in [6.45, 7) is 6.81. The van der Waals surface area contributed by atoms with E-state index in [0.29, 0.717) is 25.3 Å². The molecule has 1 amide bonds. The van der Waals surface area contributed by atoms with Crippen LogP contribution >= 0.6 is 0 Å². The molecule has 0 aliphatic carbocycles. The summed E-state index contributed by atoms with van der Waals surface area (Å²) in [5, 5.41) is 23.6. The Morgan fingerprint density at radius 2 is 2.07 bits per heavy atom. The van der Waals surface area contributed by atoms with Gasteiger partial charge in [0, 0.05) is 24.7 Å². The Kier molecular flexibility index (Phi) is 10.2. The number of nitrogens with zero attached hydrogens (tertiary/aromatic N) is 1. The number of carboxylic acid groups (broad SMARTS) is 1. The van der Waals surface area contributed by atoms with Crippen LogP contribution in [0.25, 0.3) is 0 Å². The lowest BCUT2D eigenvalue weighted by Crippen LogP contribution is -2.29. The van der Waals surface area contributed by atoms with E-state index < -0.39 is 11.9 Å². The molecule has 28 heavy (non-hydrogen) atoms. The molecule has 0 saturated heterocycles. The number of nitriles is 1. The summed E-state index contributed by atoms with van der Waals surface area (Å²) in [7, 11) is 0. The van der Waals surface area contributed by atoms with Crippen LogP contribution in [0.3, 0.4) is 0 Å². The summed E-state index contributed by atoms with van der Waals surface area (Å²) in [6.07, 6.45) is 3.71. The highest BCUT2D eigenvalue weighted by Gasteiger charge is 2.17. The van der Waals surface area contributed by atoms with Gasteiger partial charge in [0.05, 0.1) is 12.6 Å². The summed E-state index contributed by atoms with van der Waals surface area (Å²) in [6, 6.07) is 7.37. The van der Waals surface area contributed by atoms with Crippen molar-refractivity contribution in [3.63, 3.8) is 0 Å². The fraction of sp³-hybridized carbons (Fsp3) is 0.476. The first kappa shape index (κ1) is 23.0. The van der Waals surface area contributed by atoms with E-state index in [4.69, 9.17) is 9.84 Å². The summed E-state index contributed by atoms with van der Waals surface area (Å²) in [4.78, 5) is 22.8. The second-order valence-corrected chi connectivity index (χ2v) is 6.50. The predicted octanol–water partition coefficient (Wildman–Crippen LogP) is 3.21. The van der Waals surface area contributed by atoms with Crippen molar-refractivity contribution in [1.82, 2.24) is 10.6 Å². The SMILES string of the molecule is CCOc1ccc(C)cc1C(C)NC(=O)/C(C#N)=C\NCCCCCC(=O)O. The molecule has 7 nitrogen and oxygen atoms in total. The maximum absolute atomic E-state index is 12.4. The fourth-order valence-corrected chi connectivity index (χ4v) is 2.65. The van der Waals surface area contributed by atoms with Crippen molar-refractivity contribution in [1.29, 1.82) is 5.26 Å². The van der Waals surface area contributed by atoms with Crippen molar-refractivity contribution in [3.05, 3.63) is 41.1 Å². The molecule has 1 unspecified atom stereocenters. The van der Waals surface area contributed by atoms with Crippen molar-refractivity contribution >= 4 is 11.9 Å². The first-order chi connectivity index (χ1) is 13.4. The lowest BCUT2D eigenvalue weighted by Gasteiger charge is -2.18. The summed E-state index contributed by atoms with van der Waals surface area (Å²) >= 11 is 0. The van der Waals surface area contributed by atoms with Crippen molar-refractivity contribution in [2.75, 3.05) is 13.2 Å². The van der Waals surface area contributed by atoms with Gasteiger partial charge in [-0.05, 0) is 39.7 Å². The molecule has 152 valence electrons. The second kappa shape index (κ2) is 12.4. The average Bonchev–Trinajstić information content (AvgIpc) is 2.65. The van der Waals surface area contributed by atoms with E-state index in [2.05, 4.69) is 10.6 Å². The third-order valence-corrected chi connectivity index (χ3v) is 4.10. The van der Waals surface area contributed by atoms with Crippen LogP contribution in [0.5, 0.6) is 5.75 Å². The number of carbonyl (C=O) groups is 2. The molecule has 1 rings (SSSR count). The van der Waals surface area contributed by atoms with E-state index in [-0.39, 0.29) is 18.0 Å². The number of ether oxygens (including phenoxy) is 1. The first-order valence-electron chi connectivity index (χ1n) is 9.48. The predicted molar refractivity (Wildman–Crippen MR) is 107 cm³/mol. The Hall–Kier alpha value is -3.01. The third kappa shape index (κ3) is 8.12. The van der Waals surface area contributed by atoms with Crippen LogP contribution in [0.2, 0.25) is 0 Å². The Labute approximate surface area is 166 Å². The molecule has 0 saturated carbocycles. The van der Waals surface area contributed by atoms with E-state index in [0.717, 1.165) is 24.0 Å². The highest BCUT2D eigenvalue weighted by molar-refractivity contribution is 5.97. The summed E-state index contributed by atoms with van der Waals surface area (Å²) in [5.41, 5.74) is 1.90. The van der Waals surface area contributed by atoms with Crippen LogP contribution in [0.4, 0.5) is 0 Å². The van der Waals surface area contributed by atoms with E-state index in [1.807, 2.05) is 45.0 Å². The van der Waals surface area contributed by atoms with Crippen molar-refractivity contribution in [2.45, 2.75) is 52.5 Å². The molecule has 0 aliphatic heterocycles. The second-order valence-electron chi connectivity index (χ2n) is 6.50. The average molecular weight is 387 g/mol. The topological polar surface area (TPSA) is 111 Å². The Morgan fingerprint density at radius 3 is 2.71 bits per heavy atom. The van der Waals surface area contributed by atoms with Crippen molar-refractivity contribution in [2.24, 2.45) is 0 Å². The van der Waals surface area contributed by atoms with Gasteiger partial charge < -0.3 is 20.5 Å². The largest absolute Gasteiger partial charge is 0.494 e. The normalized spacial score (nSPS) is 12.0. The summed E-state index contributed by atoms with van der Waals surface area (Å²) < 4.78 is 5.63. The zero-order valence-electron chi connectivity index (χ0n) is 16.7. The molecule has 0 radical (unpaired) electrons. The molecule has 1 atom stereocenters. The van der Waals surface area contributed by atoms with Gasteiger partial charge in [-0.1, -0.05) is 24.1 Å². The van der Waals surface area contributed by atoms with Gasteiger partial charge in [-0.2, -0.15) is 5.26 Å². The van der Waals surface area contributed by atoms with Crippen LogP contribution in [-0.2, 0) is 9.59 Å². The number of carboxylic acids is 1. The first-order valence-corrected chi connectivity index (χ1v) is 9.48. The highest BCUT2D eigenvalue weighted by Crippen LogP contribution is 2.26. The number of hydrogen-bond acceptors (Lipinski definition) is 5. The van der Waals surface area contributed by atoms with Gasteiger partial charge in [0.2, 0.25) is 0 Å². The molecule has 0 aromatic heterocycles. The zero-order valence-corrected chi connectivity index (χ0v) is 16.7. The Balaban J connectivity index is 2.60. The third-order valence-electron chi connectivity index (χ3n) is 4.10. The van der Waals surface area contributed by atoms with Crippen molar-refractivity contribution < 1.29 is 19.4 Å². The quantitative estimate of drug-likeness (QED) is 0.288. The number of nitrogens with one attached hydrogen (secondary N) is 2. The van der Waals surface area contributed by atoms with Crippen LogP contribution in [-0.4, -0.2) is 30.1 Å². The Bertz CT molecular complexity index is 738. The van der Waals surface area contributed by atoms with E-state index in [9.17, 15) is 14.9 Å². The van der Waals surface area contributed by atoms with Gasteiger partial charge >= 0.3 is 5.97 Å². The van der Waals surface area contributed by atoms with E-state index in [1.54, 1.807) is 0 Å². The number of hydrogen-bond donors (Lipinski definition) is 3. The number of carbonyl (C=O) groups excluding carboxylic acids is 1. The molecule has 1 aromatic rings. The molecule has 0 heterocycles. The van der Waals surface area contributed by atoms with Gasteiger partial charge in [-0.15, -0.1) is 0 Å². The lowest BCUT2D eigenvalue weighted by molar-refractivity contribution is -0.137. The number of benzene rings is 1. The maximum Gasteiger partial charge on any atom is 0.303 e. The van der Waals surface area contributed by atoms with Gasteiger partial charge in [-0.25, -0.2) is 0 Å². The lowest BCUT2D eigenvalue weighted by atomic mass is 10.0. The monoisotopic (exact) mass is 387 g/mol. The molecule has 0 spiro atoms. The number of amides is 1. The van der Waals surface area contributed by atoms with Crippen LogP contribution in [0.15, 0.2) is 30.0 Å².